The maximum atomic E-state index is 13.8. The average Bonchev–Trinajstić information content (AvgIpc) is 2.95. The predicted octanol–water partition coefficient (Wildman–Crippen LogP) is 3.66. The molecule has 1 atom stereocenters. The van der Waals surface area contributed by atoms with Crippen molar-refractivity contribution >= 4 is 11.3 Å². The summed E-state index contributed by atoms with van der Waals surface area (Å²) in [5.41, 5.74) is 1.74. The fourth-order valence-electron chi connectivity index (χ4n) is 2.09. The van der Waals surface area contributed by atoms with Crippen molar-refractivity contribution in [1.29, 1.82) is 0 Å². The standard InChI is InChI=1S/C16H20FNOS/c1-12(6-7-19)10-18-11-13-4-5-15(17)14(9-13)16-3-2-8-20-16/h2-5,8-9,12,18-19H,6-7,10-11H2,1H3. The van der Waals surface area contributed by atoms with Crippen molar-refractivity contribution in [2.45, 2.75) is 19.9 Å². The molecule has 2 N–H and O–H groups in total. The van der Waals surface area contributed by atoms with Gasteiger partial charge in [0.1, 0.15) is 5.82 Å². The highest BCUT2D eigenvalue weighted by Gasteiger charge is 2.07. The molecule has 108 valence electrons. The minimum atomic E-state index is -0.176. The summed E-state index contributed by atoms with van der Waals surface area (Å²) >= 11 is 1.55. The van der Waals surface area contributed by atoms with Gasteiger partial charge in [0.15, 0.2) is 0 Å². The minimum Gasteiger partial charge on any atom is -0.396 e. The molecule has 0 aliphatic heterocycles. The zero-order valence-electron chi connectivity index (χ0n) is 11.6. The van der Waals surface area contributed by atoms with E-state index in [4.69, 9.17) is 5.11 Å². The van der Waals surface area contributed by atoms with Crippen molar-refractivity contribution in [3.8, 4) is 10.4 Å². The summed E-state index contributed by atoms with van der Waals surface area (Å²) in [5.74, 6) is 0.266. The van der Waals surface area contributed by atoms with Crippen molar-refractivity contribution in [3.63, 3.8) is 0 Å². The van der Waals surface area contributed by atoms with Gasteiger partial charge in [-0.1, -0.05) is 19.1 Å². The van der Waals surface area contributed by atoms with Crippen molar-refractivity contribution in [2.75, 3.05) is 13.2 Å². The van der Waals surface area contributed by atoms with E-state index in [0.717, 1.165) is 23.4 Å². The molecular formula is C16H20FNOS. The molecule has 1 heterocycles. The lowest BCUT2D eigenvalue weighted by molar-refractivity contribution is 0.260. The molecule has 0 fully saturated rings. The monoisotopic (exact) mass is 293 g/mol. The van der Waals surface area contributed by atoms with Gasteiger partial charge in [0.25, 0.3) is 0 Å². The second-order valence-corrected chi connectivity index (χ2v) is 5.99. The van der Waals surface area contributed by atoms with Crippen LogP contribution in [0.1, 0.15) is 18.9 Å². The van der Waals surface area contributed by atoms with E-state index < -0.39 is 0 Å². The summed E-state index contributed by atoms with van der Waals surface area (Å²) in [5, 5.41) is 14.2. The summed E-state index contributed by atoms with van der Waals surface area (Å²) in [7, 11) is 0. The van der Waals surface area contributed by atoms with Gasteiger partial charge in [-0.15, -0.1) is 11.3 Å². The predicted molar refractivity (Wildman–Crippen MR) is 82.3 cm³/mol. The lowest BCUT2D eigenvalue weighted by Crippen LogP contribution is -2.21. The van der Waals surface area contributed by atoms with Crippen LogP contribution in [0.4, 0.5) is 4.39 Å². The number of hydrogen-bond donors (Lipinski definition) is 2. The van der Waals surface area contributed by atoms with Crippen LogP contribution < -0.4 is 5.32 Å². The molecule has 0 aliphatic carbocycles. The lowest BCUT2D eigenvalue weighted by atomic mass is 10.1. The summed E-state index contributed by atoms with van der Waals surface area (Å²) in [4.78, 5) is 0.956. The largest absolute Gasteiger partial charge is 0.396 e. The third-order valence-electron chi connectivity index (χ3n) is 3.26. The Bertz CT molecular complexity index is 527. The van der Waals surface area contributed by atoms with Gasteiger partial charge in [0.05, 0.1) is 0 Å². The maximum Gasteiger partial charge on any atom is 0.131 e. The second kappa shape index (κ2) is 7.53. The molecule has 0 saturated heterocycles. The van der Waals surface area contributed by atoms with Crippen LogP contribution in [0.15, 0.2) is 35.7 Å². The molecule has 20 heavy (non-hydrogen) atoms. The van der Waals surface area contributed by atoms with E-state index in [-0.39, 0.29) is 12.4 Å². The number of rotatable bonds is 7. The Kier molecular flexibility index (Phi) is 5.71. The van der Waals surface area contributed by atoms with Crippen molar-refractivity contribution in [1.82, 2.24) is 5.32 Å². The van der Waals surface area contributed by atoms with E-state index in [1.165, 1.54) is 6.07 Å². The molecule has 2 rings (SSSR count). The Morgan fingerprint density at radius 2 is 2.20 bits per heavy atom. The van der Waals surface area contributed by atoms with E-state index >= 15 is 0 Å². The molecule has 0 amide bonds. The normalized spacial score (nSPS) is 12.6. The number of nitrogens with one attached hydrogen (secondary N) is 1. The Morgan fingerprint density at radius 1 is 1.35 bits per heavy atom. The van der Waals surface area contributed by atoms with Crippen LogP contribution in [0.2, 0.25) is 0 Å². The molecule has 2 nitrogen and oxygen atoms in total. The quantitative estimate of drug-likeness (QED) is 0.816. The van der Waals surface area contributed by atoms with Crippen molar-refractivity contribution in [2.24, 2.45) is 5.92 Å². The zero-order valence-corrected chi connectivity index (χ0v) is 12.4. The van der Waals surface area contributed by atoms with E-state index in [1.807, 2.05) is 29.6 Å². The zero-order chi connectivity index (χ0) is 14.4. The highest BCUT2D eigenvalue weighted by molar-refractivity contribution is 7.13. The fraction of sp³-hybridized carbons (Fsp3) is 0.375. The van der Waals surface area contributed by atoms with Gasteiger partial charge in [-0.3, -0.25) is 0 Å². The molecule has 0 aliphatic rings. The molecule has 2 aromatic rings. The van der Waals surface area contributed by atoms with Gasteiger partial charge in [0, 0.05) is 23.6 Å². The Hall–Kier alpha value is -1.23. The average molecular weight is 293 g/mol. The van der Waals surface area contributed by atoms with Gasteiger partial charge >= 0.3 is 0 Å². The molecule has 0 spiro atoms. The number of aliphatic hydroxyl groups excluding tert-OH is 1. The lowest BCUT2D eigenvalue weighted by Gasteiger charge is -2.11. The molecule has 4 heteroatoms. The van der Waals surface area contributed by atoms with Crippen LogP contribution in [-0.2, 0) is 6.54 Å². The van der Waals surface area contributed by atoms with E-state index in [2.05, 4.69) is 12.2 Å². The smallest absolute Gasteiger partial charge is 0.131 e. The SMILES string of the molecule is CC(CCO)CNCc1ccc(F)c(-c2cccs2)c1. The van der Waals surface area contributed by atoms with Gasteiger partial charge in [0.2, 0.25) is 0 Å². The van der Waals surface area contributed by atoms with Gasteiger partial charge < -0.3 is 10.4 Å². The van der Waals surface area contributed by atoms with E-state index in [1.54, 1.807) is 11.3 Å². The van der Waals surface area contributed by atoms with Crippen molar-refractivity contribution < 1.29 is 9.50 Å². The Morgan fingerprint density at radius 3 is 2.90 bits per heavy atom. The summed E-state index contributed by atoms with van der Waals surface area (Å²) < 4.78 is 13.8. The van der Waals surface area contributed by atoms with E-state index in [9.17, 15) is 4.39 Å². The highest BCUT2D eigenvalue weighted by Crippen LogP contribution is 2.28. The van der Waals surface area contributed by atoms with Crippen LogP contribution in [0, 0.1) is 11.7 Å². The first-order valence-corrected chi connectivity index (χ1v) is 7.72. The molecule has 1 aromatic carbocycles. The van der Waals surface area contributed by atoms with Crippen LogP contribution in [0.5, 0.6) is 0 Å². The second-order valence-electron chi connectivity index (χ2n) is 5.04. The summed E-state index contributed by atoms with van der Waals surface area (Å²) in [6.45, 7) is 3.90. The van der Waals surface area contributed by atoms with Crippen LogP contribution in [0.25, 0.3) is 10.4 Å². The van der Waals surface area contributed by atoms with Crippen molar-refractivity contribution in [3.05, 3.63) is 47.1 Å². The first-order chi connectivity index (χ1) is 9.70. The fourth-order valence-corrected chi connectivity index (χ4v) is 2.83. The first kappa shape index (κ1) is 15.2. The van der Waals surface area contributed by atoms with Gasteiger partial charge in [-0.2, -0.15) is 0 Å². The molecule has 0 radical (unpaired) electrons. The van der Waals surface area contributed by atoms with Crippen LogP contribution in [0.3, 0.4) is 0 Å². The van der Waals surface area contributed by atoms with Gasteiger partial charge in [-0.25, -0.2) is 4.39 Å². The van der Waals surface area contributed by atoms with Gasteiger partial charge in [-0.05, 0) is 48.0 Å². The Balaban J connectivity index is 1.98. The molecule has 1 aromatic heterocycles. The Labute approximate surface area is 123 Å². The number of benzene rings is 1. The minimum absolute atomic E-state index is 0.176. The highest BCUT2D eigenvalue weighted by atomic mass is 32.1. The molecule has 1 unspecified atom stereocenters. The van der Waals surface area contributed by atoms with E-state index in [0.29, 0.717) is 18.0 Å². The third kappa shape index (κ3) is 4.13. The van der Waals surface area contributed by atoms with Crippen LogP contribution >= 0.6 is 11.3 Å². The summed E-state index contributed by atoms with van der Waals surface area (Å²) in [6, 6.07) is 9.12. The topological polar surface area (TPSA) is 32.3 Å². The molecular weight excluding hydrogens is 273 g/mol. The molecule has 0 saturated carbocycles. The third-order valence-corrected chi connectivity index (χ3v) is 4.16. The van der Waals surface area contributed by atoms with Crippen LogP contribution in [-0.4, -0.2) is 18.3 Å². The number of hydrogen-bond acceptors (Lipinski definition) is 3. The molecule has 0 bridgehead atoms. The number of aliphatic hydroxyl groups is 1. The number of halogens is 1. The first-order valence-electron chi connectivity index (χ1n) is 6.84. The number of thiophene rings is 1. The summed E-state index contributed by atoms with van der Waals surface area (Å²) in [6.07, 6.45) is 0.802. The maximum absolute atomic E-state index is 13.8.